The maximum Gasteiger partial charge on any atom is 0.436 e. The Morgan fingerprint density at radius 2 is 1.55 bits per heavy atom. The van der Waals surface area contributed by atoms with Crippen LogP contribution in [0.3, 0.4) is 0 Å². The largest absolute Gasteiger partial charge is 0.443 e. The molecule has 0 spiro atoms. The van der Waals surface area contributed by atoms with Crippen LogP contribution in [0.15, 0.2) is 60.7 Å². The molecule has 1 fully saturated rings. The summed E-state index contributed by atoms with van der Waals surface area (Å²) in [5.74, 6) is 0. The molecule has 0 saturated carbocycles. The summed E-state index contributed by atoms with van der Waals surface area (Å²) in [5.41, 5.74) is 2.01. The molecule has 0 N–H and O–H groups in total. The van der Waals surface area contributed by atoms with Gasteiger partial charge in [0, 0.05) is 0 Å². The van der Waals surface area contributed by atoms with E-state index in [4.69, 9.17) is 14.3 Å². The van der Waals surface area contributed by atoms with Gasteiger partial charge in [0.2, 0.25) is 0 Å². The van der Waals surface area contributed by atoms with Crippen molar-refractivity contribution in [3.63, 3.8) is 0 Å². The topological polar surface area (TPSA) is 48.0 Å². The Kier molecular flexibility index (Phi) is 4.68. The van der Waals surface area contributed by atoms with Crippen molar-refractivity contribution in [2.75, 3.05) is 6.61 Å². The first-order chi connectivity index (χ1) is 10.8. The SMILES string of the molecule is O=C1OC[C@H](OCc2ccccc2)N1OCc1ccccc1. The van der Waals surface area contributed by atoms with E-state index >= 15 is 0 Å². The van der Waals surface area contributed by atoms with Gasteiger partial charge in [-0.1, -0.05) is 60.7 Å². The highest BCUT2D eigenvalue weighted by molar-refractivity contribution is 5.68. The molecule has 1 saturated heterocycles. The number of carbonyl (C=O) groups excluding carboxylic acids is 1. The van der Waals surface area contributed by atoms with Crippen molar-refractivity contribution in [2.45, 2.75) is 19.4 Å². The number of amides is 1. The lowest BCUT2D eigenvalue weighted by Crippen LogP contribution is -2.35. The van der Waals surface area contributed by atoms with Crippen LogP contribution in [-0.4, -0.2) is 24.0 Å². The molecule has 3 rings (SSSR count). The number of rotatable bonds is 6. The maximum atomic E-state index is 11.7. The number of hydrogen-bond donors (Lipinski definition) is 0. The second-order valence-corrected chi connectivity index (χ2v) is 4.91. The highest BCUT2D eigenvalue weighted by Crippen LogP contribution is 2.17. The van der Waals surface area contributed by atoms with Gasteiger partial charge in [-0.15, -0.1) is 0 Å². The second kappa shape index (κ2) is 7.06. The quantitative estimate of drug-likeness (QED) is 0.822. The van der Waals surface area contributed by atoms with Crippen molar-refractivity contribution < 1.29 is 19.1 Å². The zero-order valence-corrected chi connectivity index (χ0v) is 12.1. The fourth-order valence-corrected chi connectivity index (χ4v) is 2.13. The van der Waals surface area contributed by atoms with Crippen molar-refractivity contribution in [3.05, 3.63) is 71.8 Å². The third-order valence-corrected chi connectivity index (χ3v) is 3.29. The molecular weight excluding hydrogens is 282 g/mol. The van der Waals surface area contributed by atoms with Crippen LogP contribution >= 0.6 is 0 Å². The van der Waals surface area contributed by atoms with Crippen LogP contribution in [0.1, 0.15) is 11.1 Å². The van der Waals surface area contributed by atoms with Gasteiger partial charge in [-0.2, -0.15) is 5.06 Å². The Bertz CT molecular complexity index is 603. The summed E-state index contributed by atoms with van der Waals surface area (Å²) in [5, 5.41) is 1.16. The van der Waals surface area contributed by atoms with E-state index < -0.39 is 12.3 Å². The van der Waals surface area contributed by atoms with Gasteiger partial charge < -0.3 is 9.47 Å². The van der Waals surface area contributed by atoms with E-state index in [1.807, 2.05) is 60.7 Å². The molecule has 5 nitrogen and oxygen atoms in total. The van der Waals surface area contributed by atoms with E-state index in [-0.39, 0.29) is 6.61 Å². The number of hydroxylamine groups is 2. The molecule has 1 amide bonds. The van der Waals surface area contributed by atoms with Gasteiger partial charge in [0.05, 0.1) is 6.61 Å². The highest BCUT2D eigenvalue weighted by atomic mass is 16.8. The number of carbonyl (C=O) groups is 1. The van der Waals surface area contributed by atoms with Crippen LogP contribution in [0, 0.1) is 0 Å². The molecule has 1 atom stereocenters. The average Bonchev–Trinajstić information content (AvgIpc) is 2.93. The van der Waals surface area contributed by atoms with Crippen LogP contribution in [-0.2, 0) is 27.5 Å². The van der Waals surface area contributed by atoms with Crippen LogP contribution in [0.2, 0.25) is 0 Å². The van der Waals surface area contributed by atoms with Crippen molar-refractivity contribution in [3.8, 4) is 0 Å². The number of hydrogen-bond acceptors (Lipinski definition) is 4. The molecule has 1 aliphatic rings. The summed E-state index contributed by atoms with van der Waals surface area (Å²) in [7, 11) is 0. The third-order valence-electron chi connectivity index (χ3n) is 3.29. The van der Waals surface area contributed by atoms with Crippen molar-refractivity contribution in [1.29, 1.82) is 0 Å². The number of cyclic esters (lactones) is 1. The standard InChI is InChI=1S/C17H17NO4/c19-17-18(22-12-15-9-5-2-6-10-15)16(13-21-17)20-11-14-7-3-1-4-8-14/h1-10,16H,11-13H2/t16-/m0/s1. The fraction of sp³-hybridized carbons (Fsp3) is 0.235. The van der Waals surface area contributed by atoms with Gasteiger partial charge in [-0.25, -0.2) is 4.79 Å². The molecule has 1 heterocycles. The molecule has 0 aliphatic carbocycles. The Labute approximate surface area is 129 Å². The monoisotopic (exact) mass is 299 g/mol. The maximum absolute atomic E-state index is 11.7. The molecule has 0 radical (unpaired) electrons. The normalized spacial score (nSPS) is 17.5. The van der Waals surface area contributed by atoms with E-state index in [1.54, 1.807) is 0 Å². The van der Waals surface area contributed by atoms with Gasteiger partial charge in [-0.3, -0.25) is 4.84 Å². The Hall–Kier alpha value is -2.37. The lowest BCUT2D eigenvalue weighted by atomic mass is 10.2. The van der Waals surface area contributed by atoms with Crippen LogP contribution < -0.4 is 0 Å². The van der Waals surface area contributed by atoms with Crippen LogP contribution in [0.25, 0.3) is 0 Å². The molecular formula is C17H17NO4. The zero-order chi connectivity index (χ0) is 15.2. The number of ether oxygens (including phenoxy) is 2. The predicted molar refractivity (Wildman–Crippen MR) is 79.4 cm³/mol. The van der Waals surface area contributed by atoms with E-state index in [9.17, 15) is 4.79 Å². The second-order valence-electron chi connectivity index (χ2n) is 4.91. The van der Waals surface area contributed by atoms with E-state index in [1.165, 1.54) is 0 Å². The Morgan fingerprint density at radius 3 is 2.18 bits per heavy atom. The van der Waals surface area contributed by atoms with Crippen molar-refractivity contribution >= 4 is 6.09 Å². The number of nitrogens with zero attached hydrogens (tertiary/aromatic N) is 1. The predicted octanol–water partition coefficient (Wildman–Crippen LogP) is 3.11. The molecule has 0 aromatic heterocycles. The van der Waals surface area contributed by atoms with E-state index in [2.05, 4.69) is 0 Å². The minimum atomic E-state index is -0.531. The average molecular weight is 299 g/mol. The summed E-state index contributed by atoms with van der Waals surface area (Å²) < 4.78 is 10.7. The lowest BCUT2D eigenvalue weighted by molar-refractivity contribution is -0.209. The molecule has 0 unspecified atom stereocenters. The van der Waals surface area contributed by atoms with Gasteiger partial charge >= 0.3 is 6.09 Å². The molecule has 114 valence electrons. The molecule has 0 bridgehead atoms. The number of benzene rings is 2. The smallest absolute Gasteiger partial charge is 0.436 e. The third kappa shape index (κ3) is 3.63. The Balaban J connectivity index is 1.55. The first-order valence-corrected chi connectivity index (χ1v) is 7.11. The van der Waals surface area contributed by atoms with Crippen molar-refractivity contribution in [2.24, 2.45) is 0 Å². The lowest BCUT2D eigenvalue weighted by Gasteiger charge is -2.20. The molecule has 22 heavy (non-hydrogen) atoms. The summed E-state index contributed by atoms with van der Waals surface area (Å²) in [6, 6.07) is 19.4. The summed E-state index contributed by atoms with van der Waals surface area (Å²) in [4.78, 5) is 17.3. The zero-order valence-electron chi connectivity index (χ0n) is 12.1. The first-order valence-electron chi connectivity index (χ1n) is 7.11. The Morgan fingerprint density at radius 1 is 0.955 bits per heavy atom. The molecule has 2 aromatic carbocycles. The van der Waals surface area contributed by atoms with E-state index in [0.717, 1.165) is 16.2 Å². The summed E-state index contributed by atoms with van der Waals surface area (Å²) in [6.07, 6.45) is -1.05. The summed E-state index contributed by atoms with van der Waals surface area (Å²) in [6.45, 7) is 0.856. The van der Waals surface area contributed by atoms with Gasteiger partial charge in [0.1, 0.15) is 13.2 Å². The van der Waals surface area contributed by atoms with Gasteiger partial charge in [0.15, 0.2) is 6.23 Å². The fourth-order valence-electron chi connectivity index (χ4n) is 2.13. The first kappa shape index (κ1) is 14.6. The van der Waals surface area contributed by atoms with Crippen molar-refractivity contribution in [1.82, 2.24) is 5.06 Å². The summed E-state index contributed by atoms with van der Waals surface area (Å²) >= 11 is 0. The highest BCUT2D eigenvalue weighted by Gasteiger charge is 2.35. The van der Waals surface area contributed by atoms with Crippen LogP contribution in [0.4, 0.5) is 4.79 Å². The molecule has 1 aliphatic heterocycles. The van der Waals surface area contributed by atoms with E-state index in [0.29, 0.717) is 13.2 Å². The van der Waals surface area contributed by atoms with Gasteiger partial charge in [0.25, 0.3) is 0 Å². The molecule has 5 heteroatoms. The van der Waals surface area contributed by atoms with Crippen LogP contribution in [0.5, 0.6) is 0 Å². The molecule has 2 aromatic rings. The minimum Gasteiger partial charge on any atom is -0.443 e. The van der Waals surface area contributed by atoms with Gasteiger partial charge in [-0.05, 0) is 11.1 Å². The minimum absolute atomic E-state index is 0.167.